The van der Waals surface area contributed by atoms with Gasteiger partial charge in [0.15, 0.2) is 11.9 Å². The number of carbonyl (C=O) groups is 9. The third-order valence-electron chi connectivity index (χ3n) is 12.7. The van der Waals surface area contributed by atoms with E-state index in [4.69, 9.17) is 28.7 Å². The number of nitrogens with one attached hydrogen (secondary N) is 10. The van der Waals surface area contributed by atoms with Crippen LogP contribution in [0.25, 0.3) is 10.9 Å². The van der Waals surface area contributed by atoms with Crippen molar-refractivity contribution in [3.8, 4) is 0 Å². The molecule has 3 heterocycles. The molecule has 20 N–H and O–H groups in total. The van der Waals surface area contributed by atoms with E-state index in [0.717, 1.165) is 32.5 Å². The highest BCUT2D eigenvalue weighted by atomic mass is 33.1. The Morgan fingerprint density at radius 2 is 1.23 bits per heavy atom. The lowest BCUT2D eigenvalue weighted by Gasteiger charge is -2.28. The van der Waals surface area contributed by atoms with Gasteiger partial charge in [-0.25, -0.2) is 4.98 Å². The van der Waals surface area contributed by atoms with Gasteiger partial charge in [-0.1, -0.05) is 84.0 Å². The normalized spacial score (nSPS) is 21.4. The third-order valence-corrected chi connectivity index (χ3v) is 15.1. The van der Waals surface area contributed by atoms with E-state index in [-0.39, 0.29) is 93.8 Å². The molecule has 438 valence electrons. The van der Waals surface area contributed by atoms with Gasteiger partial charge in [0.2, 0.25) is 53.2 Å². The number of benzene rings is 2. The molecule has 1 saturated heterocycles. The number of primary amides is 1. The minimum absolute atomic E-state index is 0.0464. The van der Waals surface area contributed by atoms with E-state index < -0.39 is 101 Å². The van der Waals surface area contributed by atoms with E-state index in [0.29, 0.717) is 16.8 Å². The van der Waals surface area contributed by atoms with Crippen molar-refractivity contribution >= 4 is 97.6 Å². The number of aliphatic imine (C=N–C) groups is 2. The summed E-state index contributed by atoms with van der Waals surface area (Å²) in [5.41, 5.74) is 30.5. The van der Waals surface area contributed by atoms with Gasteiger partial charge in [0.25, 0.3) is 0 Å². The monoisotopic (exact) mass is 1160 g/mol. The van der Waals surface area contributed by atoms with Gasteiger partial charge >= 0.3 is 0 Å². The van der Waals surface area contributed by atoms with Crippen LogP contribution in [0.3, 0.4) is 0 Å². The molecule has 8 atom stereocenters. The SMILES string of the molecule is CC(=O)N[C@@H](CCCN=C(N)N)C(=O)N[C@H]1CSSC[C@@H](C(N)=O)NC(=O)[C@H](Cc2c[nH]c3ccccc23)NC(=O)[C@H](CCCN=C(N)N)NC(=O)[C@@H](Cc2ccccc2)NC(=O)[C@H](Cc2cnc[nH]2)NC(=O)[C@@H](CC(C)C)NC1=O. The van der Waals surface area contributed by atoms with Crippen molar-refractivity contribution in [1.82, 2.24) is 57.5 Å². The second-order valence-electron chi connectivity index (χ2n) is 19.7. The van der Waals surface area contributed by atoms with Crippen LogP contribution in [0.15, 0.2) is 83.3 Å². The number of aromatic amines is 2. The molecule has 81 heavy (non-hydrogen) atoms. The zero-order chi connectivity index (χ0) is 59.0. The first-order valence-electron chi connectivity index (χ1n) is 26.3. The Kier molecular flexibility index (Phi) is 25.1. The molecule has 0 radical (unpaired) electrons. The number of guanidine groups is 2. The van der Waals surface area contributed by atoms with Gasteiger partial charge in [-0.15, -0.1) is 0 Å². The maximum atomic E-state index is 14.8. The smallest absolute Gasteiger partial charge is 0.244 e. The Balaban J connectivity index is 1.59. The predicted molar refractivity (Wildman–Crippen MR) is 309 cm³/mol. The van der Waals surface area contributed by atoms with Crippen LogP contribution in [0.2, 0.25) is 0 Å². The summed E-state index contributed by atoms with van der Waals surface area (Å²) < 4.78 is 0. The van der Waals surface area contributed by atoms with Crippen molar-refractivity contribution in [2.75, 3.05) is 24.6 Å². The fourth-order valence-corrected chi connectivity index (χ4v) is 11.0. The fraction of sp³-hybridized carbons (Fsp3) is 0.462. The summed E-state index contributed by atoms with van der Waals surface area (Å²) >= 11 is 0. The van der Waals surface area contributed by atoms with Crippen LogP contribution in [0.5, 0.6) is 0 Å². The van der Waals surface area contributed by atoms with Gasteiger partial charge in [-0.05, 0) is 55.2 Å². The number of hydrogen-bond donors (Lipinski definition) is 15. The quantitative estimate of drug-likeness (QED) is 0.0194. The molecule has 0 saturated carbocycles. The first kappa shape index (κ1) is 63.5. The van der Waals surface area contributed by atoms with Crippen LogP contribution in [0, 0.1) is 5.92 Å². The highest BCUT2D eigenvalue weighted by molar-refractivity contribution is 8.76. The largest absolute Gasteiger partial charge is 0.370 e. The van der Waals surface area contributed by atoms with Crippen LogP contribution in [0.1, 0.15) is 69.7 Å². The number of nitrogens with two attached hydrogens (primary N) is 5. The van der Waals surface area contributed by atoms with Crippen LogP contribution < -0.4 is 71.2 Å². The minimum Gasteiger partial charge on any atom is -0.370 e. The van der Waals surface area contributed by atoms with Crippen LogP contribution in [0.4, 0.5) is 0 Å². The standard InChI is InChI=1S/C52H74N18O9S2/c1-28(2)19-37-46(75)68-40(22-32-24-58-27-62-32)49(78)66-38(20-30-11-5-4-6-12-30)47(76)64-36(16-10-18-60-52(56)57)45(74)67-39(21-31-23-61-34-14-8-7-13-33(31)34)48(77)69-41(43(53)72)25-80-81-26-42(50(79)65-37)70-44(73)35(63-29(3)71)15-9-17-59-51(54)55/h4-8,11-14,23-24,27-28,35-42,61H,9-10,15-22,25-26H2,1-3H3,(H2,53,72)(H,58,62)(H,63,71)(H,64,76)(H,65,79)(H,66,78)(H,67,74)(H,68,75)(H,69,77)(H,70,73)(H4,54,55,59)(H4,56,57,60)/t35-,36-,37+,38+,39-,40-,41-,42-/m0/s1. The summed E-state index contributed by atoms with van der Waals surface area (Å²) in [7, 11) is 2.04. The zero-order valence-corrected chi connectivity index (χ0v) is 47.0. The van der Waals surface area contributed by atoms with Gasteiger partial charge in [0, 0.05) is 79.8 Å². The predicted octanol–water partition coefficient (Wildman–Crippen LogP) is -2.15. The number of aromatic nitrogens is 3. The number of nitrogens with zero attached hydrogens (tertiary/aromatic N) is 3. The molecular weight excluding hydrogens is 1080 g/mol. The van der Waals surface area contributed by atoms with E-state index in [9.17, 15) is 43.2 Å². The summed E-state index contributed by atoms with van der Waals surface area (Å²) in [5.74, 6) is -8.07. The molecule has 5 rings (SSSR count). The number of carbonyl (C=O) groups excluding carboxylic acids is 9. The summed E-state index contributed by atoms with van der Waals surface area (Å²) in [6.45, 7) is 5.02. The average molecular weight is 1160 g/mol. The summed E-state index contributed by atoms with van der Waals surface area (Å²) in [6, 6.07) is 5.22. The minimum atomic E-state index is -1.40. The Morgan fingerprint density at radius 1 is 0.667 bits per heavy atom. The number of amides is 9. The molecule has 27 nitrogen and oxygen atoms in total. The molecule has 1 aliphatic rings. The molecule has 2 aromatic carbocycles. The van der Waals surface area contributed by atoms with Crippen molar-refractivity contribution in [2.24, 2.45) is 44.6 Å². The molecular formula is C52H74N18O9S2. The maximum Gasteiger partial charge on any atom is 0.244 e. The van der Waals surface area contributed by atoms with E-state index in [1.165, 1.54) is 19.4 Å². The van der Waals surface area contributed by atoms with Gasteiger partial charge < -0.3 is 81.2 Å². The number of H-pyrrole nitrogens is 2. The topological polar surface area (TPSA) is 449 Å². The molecule has 9 amide bonds. The molecule has 29 heteroatoms. The van der Waals surface area contributed by atoms with E-state index in [1.54, 1.807) is 42.6 Å². The highest BCUT2D eigenvalue weighted by Crippen LogP contribution is 2.24. The van der Waals surface area contributed by atoms with Crippen molar-refractivity contribution in [3.63, 3.8) is 0 Å². The number of rotatable bonds is 20. The Hall–Kier alpha value is -8.34. The lowest BCUT2D eigenvalue weighted by atomic mass is 10.0. The van der Waals surface area contributed by atoms with Crippen LogP contribution >= 0.6 is 21.6 Å². The molecule has 1 fully saturated rings. The number of hydrogen-bond acceptors (Lipinski definition) is 14. The second-order valence-corrected chi connectivity index (χ2v) is 22.3. The lowest BCUT2D eigenvalue weighted by Crippen LogP contribution is -2.61. The molecule has 0 spiro atoms. The van der Waals surface area contributed by atoms with Crippen molar-refractivity contribution in [3.05, 3.63) is 90.1 Å². The first-order chi connectivity index (χ1) is 38.7. The van der Waals surface area contributed by atoms with E-state index in [2.05, 4.69) is 67.5 Å². The number of imidazole rings is 1. The Labute approximate surface area is 476 Å². The number of fused-ring (bicyclic) bond motifs is 1. The maximum absolute atomic E-state index is 14.8. The van der Waals surface area contributed by atoms with Crippen molar-refractivity contribution in [2.45, 2.75) is 120 Å². The second kappa shape index (κ2) is 32.0. The van der Waals surface area contributed by atoms with Gasteiger partial charge in [-0.2, -0.15) is 0 Å². The molecule has 0 unspecified atom stereocenters. The van der Waals surface area contributed by atoms with Gasteiger partial charge in [-0.3, -0.25) is 53.1 Å². The molecule has 4 aromatic rings. The van der Waals surface area contributed by atoms with E-state index >= 15 is 0 Å². The van der Waals surface area contributed by atoms with Gasteiger partial charge in [0.05, 0.1) is 6.33 Å². The fourth-order valence-electron chi connectivity index (χ4n) is 8.62. The summed E-state index contributed by atoms with van der Waals surface area (Å²) in [5, 5.41) is 22.6. The molecule has 0 aliphatic carbocycles. The molecule has 2 aromatic heterocycles. The Morgan fingerprint density at radius 3 is 1.86 bits per heavy atom. The third kappa shape index (κ3) is 21.3. The van der Waals surface area contributed by atoms with Crippen molar-refractivity contribution < 1.29 is 43.2 Å². The summed E-state index contributed by atoms with van der Waals surface area (Å²) in [4.78, 5) is 145. The Bertz CT molecular complexity index is 2840. The molecule has 0 bridgehead atoms. The van der Waals surface area contributed by atoms with Gasteiger partial charge in [0.1, 0.15) is 48.3 Å². The first-order valence-corrected chi connectivity index (χ1v) is 28.8. The van der Waals surface area contributed by atoms with E-state index in [1.807, 2.05) is 32.0 Å². The van der Waals surface area contributed by atoms with Crippen LogP contribution in [-0.2, 0) is 62.4 Å². The zero-order valence-electron chi connectivity index (χ0n) is 45.3. The molecule has 1 aliphatic heterocycles. The van der Waals surface area contributed by atoms with Crippen molar-refractivity contribution in [1.29, 1.82) is 0 Å². The number of para-hydroxylation sites is 1. The van der Waals surface area contributed by atoms with Crippen LogP contribution in [-0.4, -0.2) is 153 Å². The average Bonchev–Trinajstić information content (AvgIpc) is 4.12. The lowest BCUT2D eigenvalue weighted by molar-refractivity contribution is -0.135. The highest BCUT2D eigenvalue weighted by Gasteiger charge is 2.36. The summed E-state index contributed by atoms with van der Waals surface area (Å²) in [6.07, 6.45) is 4.61.